The first-order valence-corrected chi connectivity index (χ1v) is 30.9. The van der Waals surface area contributed by atoms with E-state index in [1.165, 1.54) is 186 Å². The summed E-state index contributed by atoms with van der Waals surface area (Å²) >= 11 is 0. The zero-order valence-corrected chi connectivity index (χ0v) is 48.5. The van der Waals surface area contributed by atoms with Crippen molar-refractivity contribution in [1.82, 2.24) is 0 Å². The molecule has 0 nitrogen and oxygen atoms in total. The smallest absolute Gasteiger partial charge is 0.0000928 e. The lowest BCUT2D eigenvalue weighted by Gasteiger charge is -2.24. The highest BCUT2D eigenvalue weighted by molar-refractivity contribution is 6.50. The molecule has 0 fully saturated rings. The fourth-order valence-electron chi connectivity index (χ4n) is 15.8. The fourth-order valence-corrected chi connectivity index (χ4v) is 15.8. The van der Waals surface area contributed by atoms with Gasteiger partial charge in [0.1, 0.15) is 0 Å². The zero-order valence-electron chi connectivity index (χ0n) is 48.5. The third-order valence-electron chi connectivity index (χ3n) is 19.3. The first-order valence-electron chi connectivity index (χ1n) is 30.9. The topological polar surface area (TPSA) is 0 Å². The van der Waals surface area contributed by atoms with Crippen molar-refractivity contribution < 1.29 is 0 Å². The maximum Gasteiger partial charge on any atom is -0.0000928 e. The Morgan fingerprint density at radius 3 is 1.10 bits per heavy atom. The minimum absolute atomic E-state index is 1.02. The van der Waals surface area contributed by atoms with E-state index in [4.69, 9.17) is 0 Å². The van der Waals surface area contributed by atoms with Crippen molar-refractivity contribution in [2.24, 2.45) is 0 Å². The van der Waals surface area contributed by atoms with Crippen LogP contribution in [0.5, 0.6) is 0 Å². The van der Waals surface area contributed by atoms with Crippen LogP contribution in [0.2, 0.25) is 0 Å². The second-order valence-electron chi connectivity index (χ2n) is 24.0. The van der Waals surface area contributed by atoms with Gasteiger partial charge in [-0.3, -0.25) is 0 Å². The van der Waals surface area contributed by atoms with Gasteiger partial charge in [-0.2, -0.15) is 0 Å². The largest absolute Gasteiger partial charge is 0.0990 e. The molecule has 408 valence electrons. The predicted molar refractivity (Wildman–Crippen MR) is 382 cm³/mol. The molecule has 0 aliphatic heterocycles. The van der Waals surface area contributed by atoms with Crippen molar-refractivity contribution in [2.75, 3.05) is 0 Å². The summed E-state index contributed by atoms with van der Waals surface area (Å²) in [5, 5.41) is 25.3. The number of fused-ring (bicyclic) bond motifs is 9. The van der Waals surface area contributed by atoms with Crippen molar-refractivity contribution in [3.8, 4) is 66.8 Å². The molecule has 0 spiro atoms. The van der Waals surface area contributed by atoms with Gasteiger partial charge in [0.05, 0.1) is 0 Å². The molecule has 17 aromatic rings. The molecule has 0 atom stereocenters. The first kappa shape index (κ1) is 50.2. The molecule has 17 aromatic carbocycles. The van der Waals surface area contributed by atoms with Crippen LogP contribution in [0.1, 0.15) is 24.0 Å². The third-order valence-corrected chi connectivity index (χ3v) is 19.3. The molecule has 18 rings (SSSR count). The van der Waals surface area contributed by atoms with Gasteiger partial charge in [-0.15, -0.1) is 0 Å². The molecule has 0 saturated heterocycles. The SMILES string of the molecule is C=C/C=C(\C=C)c1cc2cc(-c3ccccc3)cc3c4ccc5c6c(-c7ccccc7)c7c(-c8ccccc8)c8c9cc(-c%10ccccc%10)cc%10cc(C%11=CCCC=C%11)cc(c8c(-c8ccccc8)c7c(-c7ccccc7)c6c6ccc(c(c1)c23)c4c65)c%109. The highest BCUT2D eigenvalue weighted by atomic mass is 14.3. The normalized spacial score (nSPS) is 13.1. The standard InChI is InChI=1S/C88H56/c1-3-26-53(4-2)61-45-65-46-62(54-27-12-5-13-28-54)50-72-68-42-44-70-82-69(43-41-67(81(68)82)71(49-61)75(65)72)83-77(57-33-18-8-19-34-57)87-79(59-37-22-10-23-38-59)85-73-51-63(55-29-14-6-15-30-55)47-66-48-64(56-31-16-7-17-32-56)52-74(76(66)73)86(85)80(60-39-24-11-25-40-60)88(87)78(84(70)83)58-35-20-9-21-36-58/h3-5,7-14,16-52H,1-2,6,15H2/b53-26+. The third kappa shape index (κ3) is 7.33. The molecule has 0 bridgehead atoms. The van der Waals surface area contributed by atoms with Crippen molar-refractivity contribution in [2.45, 2.75) is 12.8 Å². The van der Waals surface area contributed by atoms with Gasteiger partial charge in [-0.05, 0) is 258 Å². The summed E-state index contributed by atoms with van der Waals surface area (Å²) in [6.45, 7) is 8.45. The van der Waals surface area contributed by atoms with E-state index in [0.717, 1.165) is 24.0 Å². The number of allylic oxidation sites excluding steroid dienone is 8. The molecule has 0 heteroatoms. The summed E-state index contributed by atoms with van der Waals surface area (Å²) in [7, 11) is 0. The van der Waals surface area contributed by atoms with Gasteiger partial charge in [-0.25, -0.2) is 0 Å². The highest BCUT2D eigenvalue weighted by Crippen LogP contribution is 2.61. The first-order chi connectivity index (χ1) is 43.6. The van der Waals surface area contributed by atoms with E-state index in [0.29, 0.717) is 0 Å². The van der Waals surface area contributed by atoms with Gasteiger partial charge in [0, 0.05) is 0 Å². The number of benzene rings is 15. The van der Waals surface area contributed by atoms with Crippen molar-refractivity contribution >= 4 is 119 Å². The maximum atomic E-state index is 4.32. The molecule has 1 aliphatic carbocycles. The Labute approximate surface area is 510 Å². The predicted octanol–water partition coefficient (Wildman–Crippen LogP) is 25.0. The quantitative estimate of drug-likeness (QED) is 0.0727. The summed E-state index contributed by atoms with van der Waals surface area (Å²) in [4.78, 5) is 0. The lowest BCUT2D eigenvalue weighted by molar-refractivity contribution is 1.04. The molecular weight excluding hydrogens is 1060 g/mol. The molecule has 0 heterocycles. The number of hydrogen-bond acceptors (Lipinski definition) is 0. The Hall–Kier alpha value is -11.2. The van der Waals surface area contributed by atoms with Crippen molar-refractivity contribution in [1.29, 1.82) is 0 Å². The molecule has 0 amide bonds. The van der Waals surface area contributed by atoms with Gasteiger partial charge in [-0.1, -0.05) is 256 Å². The Kier molecular flexibility index (Phi) is 11.2. The summed E-state index contributed by atoms with van der Waals surface area (Å²) in [5.41, 5.74) is 19.3. The monoisotopic (exact) mass is 1110 g/mol. The second-order valence-corrected chi connectivity index (χ2v) is 24.0. The highest BCUT2D eigenvalue weighted by Gasteiger charge is 2.33. The van der Waals surface area contributed by atoms with E-state index in [9.17, 15) is 0 Å². The number of rotatable bonds is 10. The van der Waals surface area contributed by atoms with Gasteiger partial charge in [0.25, 0.3) is 0 Å². The average Bonchev–Trinajstić information content (AvgIpc) is 1.47. The fraction of sp³-hybridized carbons (Fsp3) is 0.0227. The van der Waals surface area contributed by atoms with Gasteiger partial charge in [0.2, 0.25) is 0 Å². The van der Waals surface area contributed by atoms with Crippen LogP contribution in [0, 0.1) is 0 Å². The zero-order chi connectivity index (χ0) is 58.1. The average molecular weight is 1110 g/mol. The van der Waals surface area contributed by atoms with Crippen LogP contribution in [0.25, 0.3) is 186 Å². The minimum atomic E-state index is 1.02. The lowest BCUT2D eigenvalue weighted by atomic mass is 9.78. The van der Waals surface area contributed by atoms with E-state index < -0.39 is 0 Å². The molecular formula is C88H56. The summed E-state index contributed by atoms with van der Waals surface area (Å²) in [6.07, 6.45) is 15.1. The molecule has 0 radical (unpaired) electrons. The molecule has 0 N–H and O–H groups in total. The Morgan fingerprint density at radius 2 is 0.659 bits per heavy atom. The van der Waals surface area contributed by atoms with Gasteiger partial charge in [0.15, 0.2) is 0 Å². The van der Waals surface area contributed by atoms with Crippen LogP contribution in [-0.4, -0.2) is 0 Å². The van der Waals surface area contributed by atoms with Gasteiger partial charge < -0.3 is 0 Å². The minimum Gasteiger partial charge on any atom is -0.0990 e. The van der Waals surface area contributed by atoms with E-state index >= 15 is 0 Å². The van der Waals surface area contributed by atoms with E-state index in [2.05, 4.69) is 292 Å². The van der Waals surface area contributed by atoms with E-state index in [-0.39, 0.29) is 0 Å². The van der Waals surface area contributed by atoms with Crippen LogP contribution in [0.3, 0.4) is 0 Å². The van der Waals surface area contributed by atoms with Crippen LogP contribution in [-0.2, 0) is 0 Å². The Balaban J connectivity index is 1.14. The van der Waals surface area contributed by atoms with E-state index in [1.54, 1.807) is 0 Å². The van der Waals surface area contributed by atoms with Gasteiger partial charge >= 0.3 is 0 Å². The van der Waals surface area contributed by atoms with E-state index in [1.807, 2.05) is 12.2 Å². The summed E-state index contributed by atoms with van der Waals surface area (Å²) in [5.74, 6) is 0. The maximum absolute atomic E-state index is 4.32. The molecule has 0 unspecified atom stereocenters. The van der Waals surface area contributed by atoms with Crippen LogP contribution >= 0.6 is 0 Å². The van der Waals surface area contributed by atoms with Crippen molar-refractivity contribution in [3.63, 3.8) is 0 Å². The summed E-state index contributed by atoms with van der Waals surface area (Å²) < 4.78 is 0. The number of hydrogen-bond donors (Lipinski definition) is 0. The van der Waals surface area contributed by atoms with Crippen LogP contribution in [0.4, 0.5) is 0 Å². The molecule has 0 saturated carbocycles. The molecule has 88 heavy (non-hydrogen) atoms. The Morgan fingerprint density at radius 1 is 0.284 bits per heavy atom. The molecule has 1 aliphatic rings. The molecule has 0 aromatic heterocycles. The van der Waals surface area contributed by atoms with Crippen LogP contribution < -0.4 is 0 Å². The summed E-state index contributed by atoms with van der Waals surface area (Å²) in [6, 6.07) is 96.8. The lowest BCUT2D eigenvalue weighted by Crippen LogP contribution is -1.96. The Bertz CT molecular complexity index is 5810. The van der Waals surface area contributed by atoms with Crippen LogP contribution in [0.15, 0.2) is 304 Å². The van der Waals surface area contributed by atoms with Crippen molar-refractivity contribution in [3.05, 3.63) is 316 Å². The second kappa shape index (κ2) is 19.7.